The van der Waals surface area contributed by atoms with Gasteiger partial charge in [-0.15, -0.1) is 0 Å². The van der Waals surface area contributed by atoms with Crippen LogP contribution in [0.1, 0.15) is 16.7 Å². The van der Waals surface area contributed by atoms with Gasteiger partial charge in [-0.2, -0.15) is 0 Å². The van der Waals surface area contributed by atoms with Crippen molar-refractivity contribution in [3.05, 3.63) is 95.3 Å². The Hall–Kier alpha value is -2.92. The van der Waals surface area contributed by atoms with Gasteiger partial charge < -0.3 is 14.8 Å². The molecule has 0 bridgehead atoms. The first-order valence-electron chi connectivity index (χ1n) is 8.53. The summed E-state index contributed by atoms with van der Waals surface area (Å²) in [7, 11) is 1.60. The van der Waals surface area contributed by atoms with E-state index in [1.807, 2.05) is 48.5 Å². The summed E-state index contributed by atoms with van der Waals surface area (Å²) in [5.74, 6) is 1.03. The normalized spacial score (nSPS) is 10.3. The van der Waals surface area contributed by atoms with Crippen LogP contribution in [0.15, 0.2) is 72.8 Å². The van der Waals surface area contributed by atoms with Crippen LogP contribution >= 0.6 is 12.2 Å². The second kappa shape index (κ2) is 9.14. The van der Waals surface area contributed by atoms with Gasteiger partial charge in [-0.3, -0.25) is 0 Å². The fraction of sp³-hybridized carbons (Fsp3) is 0.136. The molecule has 0 aliphatic carbocycles. The molecule has 5 heteroatoms. The van der Waals surface area contributed by atoms with Crippen LogP contribution < -0.4 is 14.8 Å². The molecule has 0 aromatic heterocycles. The number of ether oxygens (including phenoxy) is 2. The van der Waals surface area contributed by atoms with Crippen molar-refractivity contribution in [1.82, 2.24) is 5.32 Å². The first-order chi connectivity index (χ1) is 13.2. The van der Waals surface area contributed by atoms with Gasteiger partial charge in [0.05, 0.1) is 7.11 Å². The van der Waals surface area contributed by atoms with Crippen molar-refractivity contribution >= 4 is 17.2 Å². The number of rotatable bonds is 7. The minimum Gasteiger partial charge on any atom is -0.493 e. The molecule has 0 aliphatic rings. The molecule has 0 unspecified atom stereocenters. The fourth-order valence-corrected chi connectivity index (χ4v) is 2.75. The van der Waals surface area contributed by atoms with Crippen LogP contribution in [0, 0.1) is 5.82 Å². The summed E-state index contributed by atoms with van der Waals surface area (Å²) in [6.07, 6.45) is 0. The van der Waals surface area contributed by atoms with Gasteiger partial charge in [-0.05, 0) is 41.5 Å². The third-order valence-corrected chi connectivity index (χ3v) is 4.41. The molecule has 0 saturated carbocycles. The Morgan fingerprint density at radius 1 is 0.926 bits per heavy atom. The van der Waals surface area contributed by atoms with Crippen LogP contribution in [-0.4, -0.2) is 12.1 Å². The lowest BCUT2D eigenvalue weighted by atomic mass is 10.1. The van der Waals surface area contributed by atoms with Crippen molar-refractivity contribution in [2.45, 2.75) is 13.2 Å². The molecule has 138 valence electrons. The molecule has 1 N–H and O–H groups in total. The summed E-state index contributed by atoms with van der Waals surface area (Å²) in [5, 5.41) is 3.18. The van der Waals surface area contributed by atoms with E-state index in [0.717, 1.165) is 16.7 Å². The standard InChI is InChI=1S/C22H20FNO2S/c1-25-21-13-18(22(27)24-14-16-7-10-19(23)11-8-16)9-12-20(21)26-15-17-5-3-2-4-6-17/h2-13H,14-15H2,1H3,(H,24,27). The van der Waals surface area contributed by atoms with E-state index in [9.17, 15) is 4.39 Å². The van der Waals surface area contributed by atoms with Crippen LogP contribution in [0.2, 0.25) is 0 Å². The third-order valence-electron chi connectivity index (χ3n) is 4.03. The molecule has 3 rings (SSSR count). The lowest BCUT2D eigenvalue weighted by Gasteiger charge is -2.14. The van der Waals surface area contributed by atoms with E-state index in [0.29, 0.717) is 29.6 Å². The van der Waals surface area contributed by atoms with Crippen molar-refractivity contribution in [1.29, 1.82) is 0 Å². The number of thiocarbonyl (C=S) groups is 1. The Morgan fingerprint density at radius 2 is 1.67 bits per heavy atom. The number of nitrogens with one attached hydrogen (secondary N) is 1. The maximum Gasteiger partial charge on any atom is 0.161 e. The van der Waals surface area contributed by atoms with Crippen LogP contribution in [0.4, 0.5) is 4.39 Å². The quantitative estimate of drug-likeness (QED) is 0.591. The average molecular weight is 381 g/mol. The highest BCUT2D eigenvalue weighted by Gasteiger charge is 2.09. The summed E-state index contributed by atoms with van der Waals surface area (Å²) in [6, 6.07) is 21.9. The van der Waals surface area contributed by atoms with E-state index in [-0.39, 0.29) is 5.82 Å². The minimum atomic E-state index is -0.253. The summed E-state index contributed by atoms with van der Waals surface area (Å²) in [4.78, 5) is 0.590. The molecule has 0 heterocycles. The Balaban J connectivity index is 1.63. The number of hydrogen-bond acceptors (Lipinski definition) is 3. The Labute approximate surface area is 163 Å². The van der Waals surface area contributed by atoms with Crippen molar-refractivity contribution in [2.24, 2.45) is 0 Å². The predicted molar refractivity (Wildman–Crippen MR) is 109 cm³/mol. The van der Waals surface area contributed by atoms with Gasteiger partial charge in [0.25, 0.3) is 0 Å². The summed E-state index contributed by atoms with van der Waals surface area (Å²) in [5.41, 5.74) is 2.87. The monoisotopic (exact) mass is 381 g/mol. The highest BCUT2D eigenvalue weighted by Crippen LogP contribution is 2.29. The molecule has 3 aromatic carbocycles. The Bertz CT molecular complexity index is 898. The maximum atomic E-state index is 13.0. The SMILES string of the molecule is COc1cc(C(=S)NCc2ccc(F)cc2)ccc1OCc1ccccc1. The van der Waals surface area contributed by atoms with Gasteiger partial charge in [-0.1, -0.05) is 54.7 Å². The minimum absolute atomic E-state index is 0.253. The zero-order valence-corrected chi connectivity index (χ0v) is 15.8. The van der Waals surface area contributed by atoms with Gasteiger partial charge >= 0.3 is 0 Å². The molecule has 27 heavy (non-hydrogen) atoms. The summed E-state index contributed by atoms with van der Waals surface area (Å²) >= 11 is 5.46. The molecule has 0 atom stereocenters. The van der Waals surface area contributed by atoms with E-state index in [4.69, 9.17) is 21.7 Å². The van der Waals surface area contributed by atoms with Crippen molar-refractivity contribution in [2.75, 3.05) is 7.11 Å². The highest BCUT2D eigenvalue weighted by molar-refractivity contribution is 7.80. The lowest BCUT2D eigenvalue weighted by molar-refractivity contribution is 0.284. The van der Waals surface area contributed by atoms with Gasteiger partial charge in [0.2, 0.25) is 0 Å². The van der Waals surface area contributed by atoms with Gasteiger partial charge in [0.1, 0.15) is 17.4 Å². The predicted octanol–water partition coefficient (Wildman–Crippen LogP) is 4.88. The molecular formula is C22H20FNO2S. The number of halogens is 1. The van der Waals surface area contributed by atoms with E-state index in [1.54, 1.807) is 19.2 Å². The fourth-order valence-electron chi connectivity index (χ4n) is 2.55. The van der Waals surface area contributed by atoms with Gasteiger partial charge in [-0.25, -0.2) is 4.39 Å². The first-order valence-corrected chi connectivity index (χ1v) is 8.94. The van der Waals surface area contributed by atoms with Gasteiger partial charge in [0, 0.05) is 12.1 Å². The summed E-state index contributed by atoms with van der Waals surface area (Å²) < 4.78 is 24.3. The first kappa shape index (κ1) is 18.9. The molecule has 0 aliphatic heterocycles. The largest absolute Gasteiger partial charge is 0.493 e. The van der Waals surface area contributed by atoms with Crippen LogP contribution in [-0.2, 0) is 13.2 Å². The van der Waals surface area contributed by atoms with Crippen molar-refractivity contribution < 1.29 is 13.9 Å². The van der Waals surface area contributed by atoms with E-state index in [1.165, 1.54) is 12.1 Å². The Morgan fingerprint density at radius 3 is 2.37 bits per heavy atom. The molecular weight excluding hydrogens is 361 g/mol. The molecule has 3 aromatic rings. The molecule has 0 amide bonds. The second-order valence-corrected chi connectivity index (χ2v) is 6.36. The van der Waals surface area contributed by atoms with Gasteiger partial charge in [0.15, 0.2) is 11.5 Å². The Kier molecular flexibility index (Phi) is 6.39. The van der Waals surface area contributed by atoms with E-state index >= 15 is 0 Å². The number of methoxy groups -OCH3 is 1. The average Bonchev–Trinajstić information content (AvgIpc) is 2.72. The molecule has 0 radical (unpaired) electrons. The van der Waals surface area contributed by atoms with Crippen molar-refractivity contribution in [3.8, 4) is 11.5 Å². The highest BCUT2D eigenvalue weighted by atomic mass is 32.1. The third kappa shape index (κ3) is 5.28. The summed E-state index contributed by atoms with van der Waals surface area (Å²) in [6.45, 7) is 0.984. The zero-order chi connectivity index (χ0) is 19.1. The van der Waals surface area contributed by atoms with Crippen LogP contribution in [0.3, 0.4) is 0 Å². The number of hydrogen-bond donors (Lipinski definition) is 1. The maximum absolute atomic E-state index is 13.0. The van der Waals surface area contributed by atoms with E-state index in [2.05, 4.69) is 5.32 Å². The number of benzene rings is 3. The topological polar surface area (TPSA) is 30.5 Å². The molecule has 0 spiro atoms. The van der Waals surface area contributed by atoms with E-state index < -0.39 is 0 Å². The van der Waals surface area contributed by atoms with Crippen LogP contribution in [0.25, 0.3) is 0 Å². The molecule has 0 saturated heterocycles. The lowest BCUT2D eigenvalue weighted by Crippen LogP contribution is -2.21. The smallest absolute Gasteiger partial charge is 0.161 e. The molecule has 0 fully saturated rings. The molecule has 3 nitrogen and oxygen atoms in total. The zero-order valence-electron chi connectivity index (χ0n) is 14.9. The second-order valence-electron chi connectivity index (χ2n) is 5.95. The van der Waals surface area contributed by atoms with Crippen LogP contribution in [0.5, 0.6) is 11.5 Å². The van der Waals surface area contributed by atoms with Crippen molar-refractivity contribution in [3.63, 3.8) is 0 Å².